The largest absolute Gasteiger partial charge is 0.494 e. The van der Waals surface area contributed by atoms with Gasteiger partial charge in [-0.05, 0) is 49.2 Å². The molecule has 0 saturated carbocycles. The fourth-order valence-electron chi connectivity index (χ4n) is 2.35. The second-order valence-electron chi connectivity index (χ2n) is 5.46. The Labute approximate surface area is 155 Å². The summed E-state index contributed by atoms with van der Waals surface area (Å²) in [4.78, 5) is 12.2. The topological polar surface area (TPSA) is 56.8 Å². The number of ether oxygens (including phenoxy) is 3. The lowest BCUT2D eigenvalue weighted by Crippen LogP contribution is -2.24. The van der Waals surface area contributed by atoms with Gasteiger partial charge in [-0.2, -0.15) is 0 Å². The molecule has 0 spiro atoms. The molecule has 25 heavy (non-hydrogen) atoms. The van der Waals surface area contributed by atoms with Crippen molar-refractivity contribution in [1.82, 2.24) is 5.32 Å². The number of carbonyl (C=O) groups is 1. The van der Waals surface area contributed by atoms with Crippen LogP contribution in [0.2, 0.25) is 10.0 Å². The molecule has 0 saturated heterocycles. The Balaban J connectivity index is 1.38. The minimum absolute atomic E-state index is 0.119. The SMILES string of the molecule is O=C(NCCCCOc1ccc(Cl)cc1)c1cc(Cl)c2c(c1)OCO2. The Morgan fingerprint density at radius 3 is 2.72 bits per heavy atom. The van der Waals surface area contributed by atoms with Gasteiger partial charge in [0.15, 0.2) is 11.5 Å². The van der Waals surface area contributed by atoms with Gasteiger partial charge in [0, 0.05) is 17.1 Å². The normalized spacial score (nSPS) is 12.1. The van der Waals surface area contributed by atoms with E-state index in [-0.39, 0.29) is 12.7 Å². The third-order valence-electron chi connectivity index (χ3n) is 3.63. The van der Waals surface area contributed by atoms with Gasteiger partial charge in [-0.15, -0.1) is 0 Å². The van der Waals surface area contributed by atoms with E-state index in [0.717, 1.165) is 18.6 Å². The summed E-state index contributed by atoms with van der Waals surface area (Å²) >= 11 is 11.9. The van der Waals surface area contributed by atoms with Gasteiger partial charge in [-0.1, -0.05) is 23.2 Å². The molecule has 0 unspecified atom stereocenters. The van der Waals surface area contributed by atoms with Gasteiger partial charge in [-0.25, -0.2) is 0 Å². The molecular weight excluding hydrogens is 365 g/mol. The quantitative estimate of drug-likeness (QED) is 0.725. The van der Waals surface area contributed by atoms with Gasteiger partial charge in [0.1, 0.15) is 5.75 Å². The highest BCUT2D eigenvalue weighted by atomic mass is 35.5. The zero-order chi connectivity index (χ0) is 17.6. The molecule has 0 bridgehead atoms. The molecule has 1 aliphatic rings. The fraction of sp³-hybridized carbons (Fsp3) is 0.278. The van der Waals surface area contributed by atoms with E-state index in [0.29, 0.717) is 40.3 Å². The second-order valence-corrected chi connectivity index (χ2v) is 6.30. The number of unbranched alkanes of at least 4 members (excludes halogenated alkanes) is 1. The molecule has 2 aromatic rings. The number of halogens is 2. The fourth-order valence-corrected chi connectivity index (χ4v) is 2.74. The number of hydrogen-bond donors (Lipinski definition) is 1. The standard InChI is InChI=1S/C18H17Cl2NO4/c19-13-3-5-14(6-4-13)23-8-2-1-7-21-18(22)12-9-15(20)17-16(10-12)24-11-25-17/h3-6,9-10H,1-2,7-8,11H2,(H,21,22). The first-order chi connectivity index (χ1) is 12.1. The lowest BCUT2D eigenvalue weighted by Gasteiger charge is -2.08. The van der Waals surface area contributed by atoms with Crippen molar-refractivity contribution in [3.05, 3.63) is 52.0 Å². The summed E-state index contributed by atoms with van der Waals surface area (Å²) in [7, 11) is 0. The Morgan fingerprint density at radius 1 is 1.12 bits per heavy atom. The maximum Gasteiger partial charge on any atom is 0.251 e. The van der Waals surface area contributed by atoms with Crippen LogP contribution in [0.4, 0.5) is 0 Å². The predicted molar refractivity (Wildman–Crippen MR) is 96.1 cm³/mol. The summed E-state index contributed by atoms with van der Waals surface area (Å²) in [5.74, 6) is 1.56. The lowest BCUT2D eigenvalue weighted by atomic mass is 10.2. The van der Waals surface area contributed by atoms with E-state index in [9.17, 15) is 4.79 Å². The summed E-state index contributed by atoms with van der Waals surface area (Å²) in [6.45, 7) is 1.25. The van der Waals surface area contributed by atoms with Crippen molar-refractivity contribution >= 4 is 29.1 Å². The third kappa shape index (κ3) is 4.71. The molecule has 1 amide bonds. The van der Waals surface area contributed by atoms with Crippen LogP contribution in [0, 0.1) is 0 Å². The molecule has 132 valence electrons. The van der Waals surface area contributed by atoms with Crippen LogP contribution in [0.15, 0.2) is 36.4 Å². The van der Waals surface area contributed by atoms with Gasteiger partial charge in [0.25, 0.3) is 5.91 Å². The van der Waals surface area contributed by atoms with E-state index in [2.05, 4.69) is 5.32 Å². The summed E-state index contributed by atoms with van der Waals surface area (Å²) < 4.78 is 16.1. The molecule has 1 N–H and O–H groups in total. The average Bonchev–Trinajstić information content (AvgIpc) is 3.08. The lowest BCUT2D eigenvalue weighted by molar-refractivity contribution is 0.0952. The van der Waals surface area contributed by atoms with Crippen LogP contribution in [0.3, 0.4) is 0 Å². The van der Waals surface area contributed by atoms with E-state index in [1.807, 2.05) is 12.1 Å². The van der Waals surface area contributed by atoms with E-state index < -0.39 is 0 Å². The van der Waals surface area contributed by atoms with E-state index in [1.54, 1.807) is 24.3 Å². The molecule has 0 atom stereocenters. The molecule has 7 heteroatoms. The minimum Gasteiger partial charge on any atom is -0.494 e. The van der Waals surface area contributed by atoms with Gasteiger partial charge in [0.2, 0.25) is 6.79 Å². The summed E-state index contributed by atoms with van der Waals surface area (Å²) in [5.41, 5.74) is 0.451. The first-order valence-corrected chi connectivity index (χ1v) is 8.65. The highest BCUT2D eigenvalue weighted by Crippen LogP contribution is 2.39. The molecule has 3 rings (SSSR count). The van der Waals surface area contributed by atoms with Gasteiger partial charge in [-0.3, -0.25) is 4.79 Å². The van der Waals surface area contributed by atoms with Crippen molar-refractivity contribution in [3.8, 4) is 17.2 Å². The number of nitrogens with one attached hydrogen (secondary N) is 1. The van der Waals surface area contributed by atoms with Crippen molar-refractivity contribution in [2.45, 2.75) is 12.8 Å². The Kier molecular flexibility index (Phi) is 5.89. The van der Waals surface area contributed by atoms with Gasteiger partial charge < -0.3 is 19.5 Å². The smallest absolute Gasteiger partial charge is 0.251 e. The van der Waals surface area contributed by atoms with Crippen LogP contribution < -0.4 is 19.5 Å². The highest BCUT2D eigenvalue weighted by molar-refractivity contribution is 6.32. The van der Waals surface area contributed by atoms with Crippen molar-refractivity contribution in [2.75, 3.05) is 19.9 Å². The van der Waals surface area contributed by atoms with E-state index in [1.165, 1.54) is 0 Å². The maximum absolute atomic E-state index is 12.2. The Hall–Kier alpha value is -2.11. The van der Waals surface area contributed by atoms with Crippen LogP contribution in [0.5, 0.6) is 17.2 Å². The molecule has 0 radical (unpaired) electrons. The molecule has 1 heterocycles. The molecule has 0 aromatic heterocycles. The zero-order valence-electron chi connectivity index (χ0n) is 13.4. The number of benzene rings is 2. The zero-order valence-corrected chi connectivity index (χ0v) is 14.9. The van der Waals surface area contributed by atoms with Crippen molar-refractivity contribution in [1.29, 1.82) is 0 Å². The minimum atomic E-state index is -0.196. The third-order valence-corrected chi connectivity index (χ3v) is 4.16. The number of amides is 1. The van der Waals surface area contributed by atoms with Crippen molar-refractivity contribution in [3.63, 3.8) is 0 Å². The van der Waals surface area contributed by atoms with Crippen molar-refractivity contribution in [2.24, 2.45) is 0 Å². The maximum atomic E-state index is 12.2. The van der Waals surface area contributed by atoms with Crippen LogP contribution in [0.1, 0.15) is 23.2 Å². The Morgan fingerprint density at radius 2 is 1.92 bits per heavy atom. The van der Waals surface area contributed by atoms with E-state index in [4.69, 9.17) is 37.4 Å². The molecular formula is C18H17Cl2NO4. The first kappa shape index (κ1) is 17.7. The van der Waals surface area contributed by atoms with Crippen LogP contribution in [-0.4, -0.2) is 25.9 Å². The predicted octanol–water partition coefficient (Wildman–Crippen LogP) is 4.31. The number of fused-ring (bicyclic) bond motifs is 1. The van der Waals surface area contributed by atoms with Crippen molar-refractivity contribution < 1.29 is 19.0 Å². The number of hydrogen-bond acceptors (Lipinski definition) is 4. The second kappa shape index (κ2) is 8.32. The summed E-state index contributed by atoms with van der Waals surface area (Å²) in [6.07, 6.45) is 1.63. The monoisotopic (exact) mass is 381 g/mol. The molecule has 1 aliphatic heterocycles. The molecule has 2 aromatic carbocycles. The van der Waals surface area contributed by atoms with Crippen LogP contribution in [-0.2, 0) is 0 Å². The van der Waals surface area contributed by atoms with Crippen LogP contribution >= 0.6 is 23.2 Å². The first-order valence-electron chi connectivity index (χ1n) is 7.89. The average molecular weight is 382 g/mol. The summed E-state index contributed by atoms with van der Waals surface area (Å²) in [6, 6.07) is 10.4. The Bertz CT molecular complexity index is 749. The van der Waals surface area contributed by atoms with Gasteiger partial charge in [0.05, 0.1) is 11.6 Å². The van der Waals surface area contributed by atoms with E-state index >= 15 is 0 Å². The molecule has 0 fully saturated rings. The molecule has 0 aliphatic carbocycles. The highest BCUT2D eigenvalue weighted by Gasteiger charge is 2.20. The number of rotatable bonds is 7. The molecule has 5 nitrogen and oxygen atoms in total. The van der Waals surface area contributed by atoms with Crippen LogP contribution in [0.25, 0.3) is 0 Å². The van der Waals surface area contributed by atoms with Gasteiger partial charge >= 0.3 is 0 Å². The number of carbonyl (C=O) groups excluding carboxylic acids is 1. The summed E-state index contributed by atoms with van der Waals surface area (Å²) in [5, 5.41) is 3.91.